The molecule has 0 unspecified atom stereocenters. The summed E-state index contributed by atoms with van der Waals surface area (Å²) in [4.78, 5) is 16.0. The van der Waals surface area contributed by atoms with Crippen molar-refractivity contribution < 1.29 is 14.6 Å². The van der Waals surface area contributed by atoms with Crippen molar-refractivity contribution in [3.8, 4) is 0 Å². The number of carbonyl (C=O) groups excluding carboxylic acids is 1. The lowest BCUT2D eigenvalue weighted by molar-refractivity contribution is -0.122. The number of nitrogens with one attached hydrogen (secondary N) is 1. The van der Waals surface area contributed by atoms with Crippen LogP contribution in [0.1, 0.15) is 6.42 Å². The zero-order chi connectivity index (χ0) is 13.2. The van der Waals surface area contributed by atoms with E-state index in [1.807, 2.05) is 0 Å². The average Bonchev–Trinajstić information content (AvgIpc) is 2.37. The van der Waals surface area contributed by atoms with Crippen molar-refractivity contribution in [2.75, 3.05) is 66.1 Å². The third-order valence-corrected chi connectivity index (χ3v) is 3.10. The zero-order valence-corrected chi connectivity index (χ0v) is 11.2. The number of nitrogens with zero attached hydrogens (tertiary/aromatic N) is 2. The third-order valence-electron chi connectivity index (χ3n) is 3.10. The molecule has 0 saturated carbocycles. The summed E-state index contributed by atoms with van der Waals surface area (Å²) in [7, 11) is 1.66. The molecule has 106 valence electrons. The molecule has 2 N–H and O–H groups in total. The zero-order valence-electron chi connectivity index (χ0n) is 11.2. The van der Waals surface area contributed by atoms with Gasteiger partial charge in [0.15, 0.2) is 0 Å². The normalized spacial score (nSPS) is 17.9. The molecule has 1 amide bonds. The van der Waals surface area contributed by atoms with Crippen molar-refractivity contribution in [3.63, 3.8) is 0 Å². The highest BCUT2D eigenvalue weighted by atomic mass is 16.5. The minimum atomic E-state index is 0.0849. The lowest BCUT2D eigenvalue weighted by Crippen LogP contribution is -2.50. The first kappa shape index (κ1) is 15.4. The van der Waals surface area contributed by atoms with E-state index in [0.717, 1.165) is 39.1 Å². The maximum absolute atomic E-state index is 11.6. The van der Waals surface area contributed by atoms with Gasteiger partial charge in [-0.3, -0.25) is 14.6 Å². The maximum Gasteiger partial charge on any atom is 0.234 e. The van der Waals surface area contributed by atoms with Gasteiger partial charge in [-0.05, 0) is 6.42 Å². The molecule has 0 atom stereocenters. The highest BCUT2D eigenvalue weighted by Gasteiger charge is 2.17. The van der Waals surface area contributed by atoms with Crippen molar-refractivity contribution in [3.05, 3.63) is 0 Å². The molecule has 18 heavy (non-hydrogen) atoms. The summed E-state index contributed by atoms with van der Waals surface area (Å²) in [5.74, 6) is 0.0849. The Morgan fingerprint density at radius 3 is 2.56 bits per heavy atom. The van der Waals surface area contributed by atoms with Crippen LogP contribution >= 0.6 is 0 Å². The monoisotopic (exact) mass is 259 g/mol. The number of hydrogen-bond donors (Lipinski definition) is 2. The minimum absolute atomic E-state index is 0.0849. The molecule has 1 heterocycles. The first-order valence-corrected chi connectivity index (χ1v) is 6.57. The number of aliphatic hydroxyl groups excluding tert-OH is 1. The van der Waals surface area contributed by atoms with Gasteiger partial charge in [0.05, 0.1) is 13.2 Å². The van der Waals surface area contributed by atoms with E-state index in [-0.39, 0.29) is 12.5 Å². The number of rotatable bonds is 8. The second-order valence-electron chi connectivity index (χ2n) is 4.54. The van der Waals surface area contributed by atoms with Crippen molar-refractivity contribution in [1.29, 1.82) is 0 Å². The van der Waals surface area contributed by atoms with Gasteiger partial charge in [-0.15, -0.1) is 0 Å². The van der Waals surface area contributed by atoms with E-state index >= 15 is 0 Å². The number of ether oxygens (including phenoxy) is 1. The van der Waals surface area contributed by atoms with Crippen molar-refractivity contribution in [2.24, 2.45) is 0 Å². The topological polar surface area (TPSA) is 65.0 Å². The van der Waals surface area contributed by atoms with E-state index in [4.69, 9.17) is 9.84 Å². The fraction of sp³-hybridized carbons (Fsp3) is 0.917. The fourth-order valence-corrected chi connectivity index (χ4v) is 2.02. The van der Waals surface area contributed by atoms with Gasteiger partial charge in [0.25, 0.3) is 0 Å². The Kier molecular flexibility index (Phi) is 7.91. The van der Waals surface area contributed by atoms with E-state index in [2.05, 4.69) is 15.1 Å². The van der Waals surface area contributed by atoms with Gasteiger partial charge < -0.3 is 15.2 Å². The molecule has 6 heteroatoms. The molecule has 1 fully saturated rings. The molecule has 0 aromatic heterocycles. The van der Waals surface area contributed by atoms with Crippen LogP contribution in [-0.2, 0) is 9.53 Å². The number of methoxy groups -OCH3 is 1. The van der Waals surface area contributed by atoms with Crippen LogP contribution in [0.4, 0.5) is 0 Å². The van der Waals surface area contributed by atoms with Crippen molar-refractivity contribution >= 4 is 5.91 Å². The summed E-state index contributed by atoms with van der Waals surface area (Å²) in [5.41, 5.74) is 0. The lowest BCUT2D eigenvalue weighted by Gasteiger charge is -2.33. The molecule has 0 aliphatic carbocycles. The molecular weight excluding hydrogens is 234 g/mol. The molecule has 0 radical (unpaired) electrons. The molecule has 1 aliphatic heterocycles. The number of aliphatic hydroxyl groups is 1. The standard InChI is InChI=1S/C12H25N3O3/c1-18-10-2-3-13-12(17)11-15-6-4-14(5-7-15)8-9-16/h16H,2-11H2,1H3,(H,13,17). The Morgan fingerprint density at radius 1 is 1.28 bits per heavy atom. The van der Waals surface area contributed by atoms with Crippen LogP contribution in [0.25, 0.3) is 0 Å². The fourth-order valence-electron chi connectivity index (χ4n) is 2.02. The number of piperazine rings is 1. The Labute approximate surface area is 109 Å². The Hall–Kier alpha value is -0.690. The van der Waals surface area contributed by atoms with Crippen molar-refractivity contribution in [1.82, 2.24) is 15.1 Å². The predicted octanol–water partition coefficient (Wildman–Crippen LogP) is -1.25. The maximum atomic E-state index is 11.6. The first-order chi connectivity index (χ1) is 8.76. The van der Waals surface area contributed by atoms with Crippen LogP contribution in [0.5, 0.6) is 0 Å². The summed E-state index contributed by atoms with van der Waals surface area (Å²) in [6.07, 6.45) is 0.854. The van der Waals surface area contributed by atoms with Gasteiger partial charge in [-0.2, -0.15) is 0 Å². The molecule has 0 aromatic rings. The smallest absolute Gasteiger partial charge is 0.234 e. The summed E-state index contributed by atoms with van der Waals surface area (Å²) >= 11 is 0. The number of amides is 1. The van der Waals surface area contributed by atoms with Crippen LogP contribution in [0.15, 0.2) is 0 Å². The first-order valence-electron chi connectivity index (χ1n) is 6.57. The van der Waals surface area contributed by atoms with E-state index in [1.165, 1.54) is 0 Å². The largest absolute Gasteiger partial charge is 0.395 e. The molecule has 1 aliphatic rings. The molecule has 0 spiro atoms. The average molecular weight is 259 g/mol. The van der Waals surface area contributed by atoms with E-state index < -0.39 is 0 Å². The second kappa shape index (κ2) is 9.27. The molecule has 1 rings (SSSR count). The van der Waals surface area contributed by atoms with Gasteiger partial charge in [0, 0.05) is 53.0 Å². The molecule has 0 aromatic carbocycles. The molecule has 1 saturated heterocycles. The van der Waals surface area contributed by atoms with Crippen LogP contribution < -0.4 is 5.32 Å². The van der Waals surface area contributed by atoms with E-state index in [9.17, 15) is 4.79 Å². The van der Waals surface area contributed by atoms with Crippen molar-refractivity contribution in [2.45, 2.75) is 6.42 Å². The quantitative estimate of drug-likeness (QED) is 0.533. The lowest BCUT2D eigenvalue weighted by atomic mass is 10.3. The van der Waals surface area contributed by atoms with Crippen LogP contribution in [0.2, 0.25) is 0 Å². The van der Waals surface area contributed by atoms with Gasteiger partial charge in [-0.1, -0.05) is 0 Å². The van der Waals surface area contributed by atoms with E-state index in [0.29, 0.717) is 19.7 Å². The van der Waals surface area contributed by atoms with Gasteiger partial charge >= 0.3 is 0 Å². The summed E-state index contributed by atoms with van der Waals surface area (Å²) in [6, 6.07) is 0. The summed E-state index contributed by atoms with van der Waals surface area (Å²) in [5, 5.41) is 11.7. The SMILES string of the molecule is COCCCNC(=O)CN1CCN(CCO)CC1. The van der Waals surface area contributed by atoms with Gasteiger partial charge in [0.2, 0.25) is 5.91 Å². The Morgan fingerprint density at radius 2 is 1.94 bits per heavy atom. The number of β-amino-alcohol motifs (C(OH)–C–C–N with tert-alkyl or cyclic N) is 1. The predicted molar refractivity (Wildman–Crippen MR) is 69.5 cm³/mol. The molecule has 0 bridgehead atoms. The molecular formula is C12H25N3O3. The van der Waals surface area contributed by atoms with E-state index in [1.54, 1.807) is 7.11 Å². The van der Waals surface area contributed by atoms with Crippen LogP contribution in [-0.4, -0.2) is 87.0 Å². The summed E-state index contributed by atoms with van der Waals surface area (Å²) < 4.78 is 4.92. The van der Waals surface area contributed by atoms with Crippen LogP contribution in [0.3, 0.4) is 0 Å². The molecule has 6 nitrogen and oxygen atoms in total. The second-order valence-corrected chi connectivity index (χ2v) is 4.54. The highest BCUT2D eigenvalue weighted by Crippen LogP contribution is 2.00. The summed E-state index contributed by atoms with van der Waals surface area (Å²) in [6.45, 7) is 6.42. The Bertz CT molecular complexity index is 231. The number of hydrogen-bond acceptors (Lipinski definition) is 5. The highest BCUT2D eigenvalue weighted by molar-refractivity contribution is 5.77. The Balaban J connectivity index is 2.07. The minimum Gasteiger partial charge on any atom is -0.395 e. The van der Waals surface area contributed by atoms with Gasteiger partial charge in [0.1, 0.15) is 0 Å². The van der Waals surface area contributed by atoms with Crippen LogP contribution in [0, 0.1) is 0 Å². The number of carbonyl (C=O) groups is 1. The van der Waals surface area contributed by atoms with Gasteiger partial charge in [-0.25, -0.2) is 0 Å². The third kappa shape index (κ3) is 6.30.